The van der Waals surface area contributed by atoms with Gasteiger partial charge in [0.15, 0.2) is 0 Å². The van der Waals surface area contributed by atoms with Gasteiger partial charge in [-0.15, -0.1) is 0 Å². The summed E-state index contributed by atoms with van der Waals surface area (Å²) >= 11 is 0. The first-order valence-corrected chi connectivity index (χ1v) is 7.68. The summed E-state index contributed by atoms with van der Waals surface area (Å²) in [6, 6.07) is 22.9. The smallest absolute Gasteiger partial charge is 0.137 e. The average molecular weight is 310 g/mol. The van der Waals surface area contributed by atoms with E-state index in [-0.39, 0.29) is 0 Å². The van der Waals surface area contributed by atoms with Crippen molar-refractivity contribution in [1.82, 2.24) is 14.8 Å². The molecule has 0 unspecified atom stereocenters. The largest absolute Gasteiger partial charge is 0.249 e. The summed E-state index contributed by atoms with van der Waals surface area (Å²) in [6.45, 7) is 0.532. The molecule has 0 N–H and O–H groups in total. The molecule has 4 heteroatoms. The van der Waals surface area contributed by atoms with Crippen LogP contribution in [0.3, 0.4) is 0 Å². The topological polar surface area (TPSA) is 54.5 Å². The van der Waals surface area contributed by atoms with Crippen LogP contribution < -0.4 is 0 Å². The second kappa shape index (κ2) is 5.98. The fraction of sp³-hybridized carbons (Fsp3) is 0.0500. The van der Waals surface area contributed by atoms with E-state index in [4.69, 9.17) is 0 Å². The van der Waals surface area contributed by atoms with Gasteiger partial charge in [0.05, 0.1) is 18.2 Å². The molecule has 0 bridgehead atoms. The molecule has 24 heavy (non-hydrogen) atoms. The highest BCUT2D eigenvalue weighted by molar-refractivity contribution is 5.87. The molecule has 0 aliphatic heterocycles. The Morgan fingerprint density at radius 1 is 0.917 bits per heavy atom. The van der Waals surface area contributed by atoms with Crippen LogP contribution in [0.2, 0.25) is 0 Å². The van der Waals surface area contributed by atoms with Crippen molar-refractivity contribution in [2.24, 2.45) is 0 Å². The number of nitriles is 1. The third kappa shape index (κ3) is 2.64. The minimum atomic E-state index is 0.532. The molecule has 1 heterocycles. The summed E-state index contributed by atoms with van der Waals surface area (Å²) in [4.78, 5) is 3.96. The van der Waals surface area contributed by atoms with Crippen LogP contribution in [-0.2, 0) is 6.54 Å². The van der Waals surface area contributed by atoms with E-state index in [9.17, 15) is 5.26 Å². The lowest BCUT2D eigenvalue weighted by atomic mass is 9.97. The van der Waals surface area contributed by atoms with Crippen molar-refractivity contribution in [3.63, 3.8) is 0 Å². The zero-order valence-electron chi connectivity index (χ0n) is 12.9. The van der Waals surface area contributed by atoms with Crippen LogP contribution in [0.15, 0.2) is 73.3 Å². The fourth-order valence-corrected chi connectivity index (χ4v) is 2.87. The molecule has 0 aliphatic carbocycles. The van der Waals surface area contributed by atoms with Gasteiger partial charge in [0.25, 0.3) is 0 Å². The van der Waals surface area contributed by atoms with Gasteiger partial charge in [-0.2, -0.15) is 10.4 Å². The number of hydrogen-bond donors (Lipinski definition) is 0. The van der Waals surface area contributed by atoms with Gasteiger partial charge in [0.2, 0.25) is 0 Å². The molecule has 0 fully saturated rings. The van der Waals surface area contributed by atoms with E-state index in [0.29, 0.717) is 12.1 Å². The predicted octanol–water partition coefficient (Wildman–Crippen LogP) is 4.02. The molecule has 0 saturated heterocycles. The first-order chi connectivity index (χ1) is 11.8. The Labute approximate surface area is 139 Å². The molecule has 0 radical (unpaired) electrons. The van der Waals surface area contributed by atoms with Crippen LogP contribution in [0.5, 0.6) is 0 Å². The van der Waals surface area contributed by atoms with Gasteiger partial charge in [-0.25, -0.2) is 9.67 Å². The standard InChI is InChI=1S/C20H14N4/c21-11-19-8-7-18(10-20(19)12-24-14-22-13-23-24)17-6-5-15-3-1-2-4-16(15)9-17/h1-10,13-14H,12H2. The molecule has 0 aliphatic rings. The van der Waals surface area contributed by atoms with Crippen molar-refractivity contribution in [1.29, 1.82) is 5.26 Å². The maximum atomic E-state index is 9.35. The Bertz CT molecular complexity index is 1040. The second-order valence-corrected chi connectivity index (χ2v) is 5.64. The van der Waals surface area contributed by atoms with Gasteiger partial charge in [-0.1, -0.05) is 42.5 Å². The summed E-state index contributed by atoms with van der Waals surface area (Å²) in [6.07, 6.45) is 3.16. The summed E-state index contributed by atoms with van der Waals surface area (Å²) < 4.78 is 1.72. The quantitative estimate of drug-likeness (QED) is 0.574. The Morgan fingerprint density at radius 2 is 1.71 bits per heavy atom. The van der Waals surface area contributed by atoms with Crippen LogP contribution in [-0.4, -0.2) is 14.8 Å². The van der Waals surface area contributed by atoms with E-state index >= 15 is 0 Å². The molecule has 0 amide bonds. The van der Waals surface area contributed by atoms with E-state index < -0.39 is 0 Å². The molecule has 0 saturated carbocycles. The SMILES string of the molecule is N#Cc1ccc(-c2ccc3ccccc3c2)cc1Cn1cncn1. The highest BCUT2D eigenvalue weighted by Crippen LogP contribution is 2.26. The fourth-order valence-electron chi connectivity index (χ4n) is 2.87. The van der Waals surface area contributed by atoms with E-state index in [1.165, 1.54) is 17.1 Å². The van der Waals surface area contributed by atoms with Crippen molar-refractivity contribution in [2.75, 3.05) is 0 Å². The van der Waals surface area contributed by atoms with Gasteiger partial charge in [0, 0.05) is 0 Å². The molecule has 1 aromatic heterocycles. The Balaban J connectivity index is 1.78. The number of aromatic nitrogens is 3. The molecular formula is C20H14N4. The predicted molar refractivity (Wildman–Crippen MR) is 93.2 cm³/mol. The second-order valence-electron chi connectivity index (χ2n) is 5.64. The van der Waals surface area contributed by atoms with Gasteiger partial charge in [-0.05, 0) is 45.7 Å². The Hall–Kier alpha value is -3.45. The van der Waals surface area contributed by atoms with E-state index in [2.05, 4.69) is 52.6 Å². The van der Waals surface area contributed by atoms with Crippen LogP contribution in [0.1, 0.15) is 11.1 Å². The van der Waals surface area contributed by atoms with Crippen molar-refractivity contribution in [3.8, 4) is 17.2 Å². The van der Waals surface area contributed by atoms with Crippen LogP contribution in [0.25, 0.3) is 21.9 Å². The van der Waals surface area contributed by atoms with Crippen LogP contribution in [0.4, 0.5) is 0 Å². The first kappa shape index (κ1) is 14.2. The highest BCUT2D eigenvalue weighted by atomic mass is 15.3. The molecule has 114 valence electrons. The molecule has 4 rings (SSSR count). The molecule has 3 aromatic carbocycles. The average Bonchev–Trinajstić information content (AvgIpc) is 3.14. The van der Waals surface area contributed by atoms with Crippen LogP contribution in [0, 0.1) is 11.3 Å². The monoisotopic (exact) mass is 310 g/mol. The summed E-state index contributed by atoms with van der Waals surface area (Å²) in [5.74, 6) is 0. The summed E-state index contributed by atoms with van der Waals surface area (Å²) in [7, 11) is 0. The van der Waals surface area contributed by atoms with Gasteiger partial charge in [0.1, 0.15) is 12.7 Å². The van der Waals surface area contributed by atoms with E-state index in [0.717, 1.165) is 16.7 Å². The summed E-state index contributed by atoms with van der Waals surface area (Å²) in [5, 5.41) is 15.9. The Morgan fingerprint density at radius 3 is 2.50 bits per heavy atom. The van der Waals surface area contributed by atoms with E-state index in [1.54, 1.807) is 11.0 Å². The number of rotatable bonds is 3. The maximum absolute atomic E-state index is 9.35. The molecule has 4 aromatic rings. The minimum Gasteiger partial charge on any atom is -0.249 e. The highest BCUT2D eigenvalue weighted by Gasteiger charge is 2.07. The first-order valence-electron chi connectivity index (χ1n) is 7.68. The number of nitrogens with zero attached hydrogens (tertiary/aromatic N) is 4. The molecule has 0 atom stereocenters. The minimum absolute atomic E-state index is 0.532. The van der Waals surface area contributed by atoms with Crippen molar-refractivity contribution >= 4 is 10.8 Å². The number of fused-ring (bicyclic) bond motifs is 1. The van der Waals surface area contributed by atoms with E-state index in [1.807, 2.05) is 24.3 Å². The normalized spacial score (nSPS) is 10.6. The third-order valence-corrected chi connectivity index (χ3v) is 4.11. The zero-order chi connectivity index (χ0) is 16.4. The third-order valence-electron chi connectivity index (χ3n) is 4.11. The summed E-state index contributed by atoms with van der Waals surface area (Å²) in [5.41, 5.74) is 3.83. The van der Waals surface area contributed by atoms with Gasteiger partial charge < -0.3 is 0 Å². The zero-order valence-corrected chi connectivity index (χ0v) is 12.9. The number of benzene rings is 3. The molecule has 0 spiro atoms. The lowest BCUT2D eigenvalue weighted by molar-refractivity contribution is 0.684. The molecule has 4 nitrogen and oxygen atoms in total. The maximum Gasteiger partial charge on any atom is 0.137 e. The number of hydrogen-bond acceptors (Lipinski definition) is 3. The van der Waals surface area contributed by atoms with Crippen molar-refractivity contribution in [2.45, 2.75) is 6.54 Å². The lowest BCUT2D eigenvalue weighted by Crippen LogP contribution is -2.02. The van der Waals surface area contributed by atoms with Gasteiger partial charge >= 0.3 is 0 Å². The van der Waals surface area contributed by atoms with Crippen molar-refractivity contribution < 1.29 is 0 Å². The Kier molecular flexibility index (Phi) is 3.53. The van der Waals surface area contributed by atoms with Crippen molar-refractivity contribution in [3.05, 3.63) is 84.4 Å². The van der Waals surface area contributed by atoms with Crippen LogP contribution >= 0.6 is 0 Å². The van der Waals surface area contributed by atoms with Gasteiger partial charge in [-0.3, -0.25) is 0 Å². The lowest BCUT2D eigenvalue weighted by Gasteiger charge is -2.09. The molecular weight excluding hydrogens is 296 g/mol.